The molecule has 0 unspecified atom stereocenters. The lowest BCUT2D eigenvalue weighted by atomic mass is 10.2. The van der Waals surface area contributed by atoms with E-state index in [9.17, 15) is 9.59 Å². The normalized spacial score (nSPS) is 17.5. The van der Waals surface area contributed by atoms with Crippen molar-refractivity contribution in [1.82, 2.24) is 19.9 Å². The lowest BCUT2D eigenvalue weighted by molar-refractivity contribution is 0.0725. The SMILES string of the molecule is O=C(c1cccs1)N1CCC[C@H]1Cn1nnc2ccccc2c1=O. The van der Waals surface area contributed by atoms with E-state index in [0.29, 0.717) is 17.4 Å². The van der Waals surface area contributed by atoms with E-state index in [1.807, 2.05) is 34.5 Å². The molecule has 1 aliphatic heterocycles. The van der Waals surface area contributed by atoms with E-state index in [-0.39, 0.29) is 17.5 Å². The Morgan fingerprint density at radius 2 is 2.12 bits per heavy atom. The molecule has 0 spiro atoms. The van der Waals surface area contributed by atoms with Crippen molar-refractivity contribution in [2.24, 2.45) is 0 Å². The summed E-state index contributed by atoms with van der Waals surface area (Å²) in [6.07, 6.45) is 1.82. The molecular formula is C17H16N4O2S. The number of fused-ring (bicyclic) bond motifs is 1. The first-order chi connectivity index (χ1) is 11.7. The van der Waals surface area contributed by atoms with E-state index in [4.69, 9.17) is 0 Å². The zero-order valence-corrected chi connectivity index (χ0v) is 13.8. The van der Waals surface area contributed by atoms with Crippen LogP contribution in [0.1, 0.15) is 22.5 Å². The fourth-order valence-electron chi connectivity index (χ4n) is 3.18. The van der Waals surface area contributed by atoms with Crippen LogP contribution < -0.4 is 5.56 Å². The number of hydrogen-bond donors (Lipinski definition) is 0. The van der Waals surface area contributed by atoms with Gasteiger partial charge in [0.2, 0.25) is 0 Å². The van der Waals surface area contributed by atoms with Gasteiger partial charge in [-0.05, 0) is 36.4 Å². The number of amides is 1. The monoisotopic (exact) mass is 340 g/mol. The molecule has 0 N–H and O–H groups in total. The highest BCUT2D eigenvalue weighted by atomic mass is 32.1. The summed E-state index contributed by atoms with van der Waals surface area (Å²) in [7, 11) is 0. The minimum absolute atomic E-state index is 0.0206. The predicted molar refractivity (Wildman–Crippen MR) is 92.2 cm³/mol. The molecule has 6 nitrogen and oxygen atoms in total. The summed E-state index contributed by atoms with van der Waals surface area (Å²) >= 11 is 1.44. The second kappa shape index (κ2) is 6.16. The summed E-state index contributed by atoms with van der Waals surface area (Å²) in [4.78, 5) is 27.8. The number of carbonyl (C=O) groups is 1. The van der Waals surface area contributed by atoms with Gasteiger partial charge in [0.1, 0.15) is 5.52 Å². The maximum absolute atomic E-state index is 12.6. The third kappa shape index (κ3) is 2.60. The molecular weight excluding hydrogens is 324 g/mol. The second-order valence-electron chi connectivity index (χ2n) is 5.87. The van der Waals surface area contributed by atoms with Gasteiger partial charge >= 0.3 is 0 Å². The molecule has 2 aromatic heterocycles. The van der Waals surface area contributed by atoms with Crippen LogP contribution in [0.4, 0.5) is 0 Å². The van der Waals surface area contributed by atoms with E-state index < -0.39 is 0 Å². The first-order valence-corrected chi connectivity index (χ1v) is 8.79. The van der Waals surface area contributed by atoms with Crippen LogP contribution >= 0.6 is 11.3 Å². The molecule has 1 atom stereocenters. The molecule has 1 aliphatic rings. The molecule has 0 aliphatic carbocycles. The predicted octanol–water partition coefficient (Wildman–Crippen LogP) is 2.16. The lowest BCUT2D eigenvalue weighted by Crippen LogP contribution is -2.40. The van der Waals surface area contributed by atoms with Gasteiger partial charge in [0.05, 0.1) is 22.8 Å². The van der Waals surface area contributed by atoms with Gasteiger partial charge in [-0.3, -0.25) is 9.59 Å². The number of aromatic nitrogens is 3. The smallest absolute Gasteiger partial charge is 0.277 e. The Morgan fingerprint density at radius 1 is 1.25 bits per heavy atom. The Labute approximate surface area is 142 Å². The third-order valence-corrected chi connectivity index (χ3v) is 5.24. The number of rotatable bonds is 3. The Balaban J connectivity index is 1.61. The molecule has 1 aromatic carbocycles. The van der Waals surface area contributed by atoms with E-state index in [0.717, 1.165) is 24.3 Å². The fraction of sp³-hybridized carbons (Fsp3) is 0.294. The van der Waals surface area contributed by atoms with E-state index in [2.05, 4.69) is 10.3 Å². The number of nitrogens with zero attached hydrogens (tertiary/aromatic N) is 4. The van der Waals surface area contributed by atoms with Gasteiger partial charge in [0.25, 0.3) is 11.5 Å². The first kappa shape index (κ1) is 15.0. The van der Waals surface area contributed by atoms with Gasteiger partial charge in [0.15, 0.2) is 0 Å². The molecule has 7 heteroatoms. The van der Waals surface area contributed by atoms with Crippen LogP contribution in [0.15, 0.2) is 46.6 Å². The van der Waals surface area contributed by atoms with Crippen LogP contribution in [0.3, 0.4) is 0 Å². The van der Waals surface area contributed by atoms with Crippen molar-refractivity contribution in [1.29, 1.82) is 0 Å². The van der Waals surface area contributed by atoms with Crippen LogP contribution in [-0.2, 0) is 6.54 Å². The van der Waals surface area contributed by atoms with Crippen molar-refractivity contribution in [3.63, 3.8) is 0 Å². The highest BCUT2D eigenvalue weighted by Crippen LogP contribution is 2.23. The van der Waals surface area contributed by atoms with Gasteiger partial charge in [-0.25, -0.2) is 4.68 Å². The van der Waals surface area contributed by atoms with Crippen molar-refractivity contribution in [2.45, 2.75) is 25.4 Å². The topological polar surface area (TPSA) is 68.1 Å². The van der Waals surface area contributed by atoms with Gasteiger partial charge in [-0.15, -0.1) is 16.4 Å². The van der Waals surface area contributed by atoms with Crippen molar-refractivity contribution < 1.29 is 4.79 Å². The maximum atomic E-state index is 12.6. The van der Waals surface area contributed by atoms with Crippen LogP contribution in [0, 0.1) is 0 Å². The quantitative estimate of drug-likeness (QED) is 0.733. The molecule has 1 saturated heterocycles. The van der Waals surface area contributed by atoms with Crippen molar-refractivity contribution in [3.8, 4) is 0 Å². The Kier molecular flexibility index (Phi) is 3.86. The Hall–Kier alpha value is -2.54. The summed E-state index contributed by atoms with van der Waals surface area (Å²) in [5, 5.41) is 10.6. The molecule has 122 valence electrons. The highest BCUT2D eigenvalue weighted by molar-refractivity contribution is 7.12. The molecule has 1 fully saturated rings. The van der Waals surface area contributed by atoms with E-state index in [1.165, 1.54) is 16.0 Å². The largest absolute Gasteiger partial charge is 0.333 e. The van der Waals surface area contributed by atoms with Gasteiger partial charge in [-0.1, -0.05) is 23.4 Å². The van der Waals surface area contributed by atoms with Crippen LogP contribution in [0.25, 0.3) is 10.9 Å². The molecule has 24 heavy (non-hydrogen) atoms. The van der Waals surface area contributed by atoms with Crippen LogP contribution in [0.2, 0.25) is 0 Å². The molecule has 3 heterocycles. The van der Waals surface area contributed by atoms with Crippen LogP contribution in [-0.4, -0.2) is 38.4 Å². The minimum Gasteiger partial charge on any atom is -0.333 e. The average Bonchev–Trinajstić information content (AvgIpc) is 3.29. The van der Waals surface area contributed by atoms with Crippen LogP contribution in [0.5, 0.6) is 0 Å². The zero-order valence-electron chi connectivity index (χ0n) is 13.0. The fourth-order valence-corrected chi connectivity index (χ4v) is 3.86. The molecule has 4 rings (SSSR count). The zero-order chi connectivity index (χ0) is 16.5. The molecule has 1 amide bonds. The minimum atomic E-state index is -0.156. The summed E-state index contributed by atoms with van der Waals surface area (Å²) in [6, 6.07) is 10.9. The summed E-state index contributed by atoms with van der Waals surface area (Å²) in [5.41, 5.74) is 0.438. The standard InChI is InChI=1S/C17H16N4O2S/c22-16-13-6-1-2-7-14(13)18-19-21(16)11-12-5-3-9-20(12)17(23)15-8-4-10-24-15/h1-2,4,6-8,10,12H,3,5,9,11H2/t12-/m0/s1. The van der Waals surface area contributed by atoms with Crippen molar-refractivity contribution >= 4 is 28.1 Å². The van der Waals surface area contributed by atoms with Gasteiger partial charge in [-0.2, -0.15) is 0 Å². The summed E-state index contributed by atoms with van der Waals surface area (Å²) in [6.45, 7) is 1.10. The molecule has 0 radical (unpaired) electrons. The number of thiophene rings is 1. The van der Waals surface area contributed by atoms with E-state index >= 15 is 0 Å². The first-order valence-electron chi connectivity index (χ1n) is 7.91. The molecule has 0 saturated carbocycles. The lowest BCUT2D eigenvalue weighted by Gasteiger charge is -2.24. The number of benzene rings is 1. The van der Waals surface area contributed by atoms with Crippen molar-refractivity contribution in [2.75, 3.05) is 6.54 Å². The van der Waals surface area contributed by atoms with Crippen molar-refractivity contribution in [3.05, 3.63) is 57.0 Å². The average molecular weight is 340 g/mol. The number of likely N-dealkylation sites (tertiary alicyclic amines) is 1. The molecule has 3 aromatic rings. The van der Waals surface area contributed by atoms with E-state index in [1.54, 1.807) is 12.1 Å². The van der Waals surface area contributed by atoms with Gasteiger partial charge < -0.3 is 4.90 Å². The Bertz CT molecular complexity index is 935. The number of hydrogen-bond acceptors (Lipinski definition) is 5. The molecule has 0 bridgehead atoms. The number of carbonyl (C=O) groups excluding carboxylic acids is 1. The maximum Gasteiger partial charge on any atom is 0.277 e. The second-order valence-corrected chi connectivity index (χ2v) is 6.81. The summed E-state index contributed by atoms with van der Waals surface area (Å²) < 4.78 is 1.38. The summed E-state index contributed by atoms with van der Waals surface area (Å²) in [5.74, 6) is 0.0364. The third-order valence-electron chi connectivity index (χ3n) is 4.38. The highest BCUT2D eigenvalue weighted by Gasteiger charge is 2.30. The Morgan fingerprint density at radius 3 is 2.96 bits per heavy atom. The van der Waals surface area contributed by atoms with Gasteiger partial charge in [0, 0.05) is 6.54 Å².